The van der Waals surface area contributed by atoms with E-state index in [0.717, 1.165) is 0 Å². The molecule has 18 heavy (non-hydrogen) atoms. The predicted octanol–water partition coefficient (Wildman–Crippen LogP) is 3.74. The monoisotopic (exact) mass is 346 g/mol. The molecule has 100 valence electrons. The third-order valence-corrected chi connectivity index (χ3v) is 2.80. The van der Waals surface area contributed by atoms with Crippen LogP contribution < -0.4 is 4.74 Å². The van der Waals surface area contributed by atoms with E-state index in [1.807, 2.05) is 0 Å². The lowest BCUT2D eigenvalue weighted by Crippen LogP contribution is -2.35. The van der Waals surface area contributed by atoms with E-state index < -0.39 is 24.7 Å². The number of carboxylic acid groups (broad SMARTS) is 1. The van der Waals surface area contributed by atoms with Gasteiger partial charge < -0.3 is 9.84 Å². The van der Waals surface area contributed by atoms with Crippen LogP contribution in [-0.2, 0) is 4.79 Å². The first-order valence-electron chi connectivity index (χ1n) is 4.59. The van der Waals surface area contributed by atoms with Gasteiger partial charge in [-0.15, -0.1) is 0 Å². The van der Waals surface area contributed by atoms with Crippen LogP contribution in [0.15, 0.2) is 22.7 Å². The van der Waals surface area contributed by atoms with Gasteiger partial charge >= 0.3 is 12.1 Å². The summed E-state index contributed by atoms with van der Waals surface area (Å²) in [7, 11) is 0. The second kappa shape index (κ2) is 5.79. The van der Waals surface area contributed by atoms with Crippen molar-refractivity contribution >= 4 is 33.5 Å². The highest BCUT2D eigenvalue weighted by atomic mass is 79.9. The third-order valence-electron chi connectivity index (χ3n) is 1.99. The molecule has 1 rings (SSSR count). The maximum absolute atomic E-state index is 12.4. The maximum atomic E-state index is 12.4. The topological polar surface area (TPSA) is 46.5 Å². The summed E-state index contributed by atoms with van der Waals surface area (Å²) in [6.45, 7) is -1.03. The number of aliphatic carboxylic acids is 1. The average molecular weight is 348 g/mol. The lowest BCUT2D eigenvalue weighted by Gasteiger charge is -2.17. The second-order valence-corrected chi connectivity index (χ2v) is 4.64. The molecule has 1 N–H and O–H groups in total. The molecule has 0 heterocycles. The number of alkyl halides is 3. The minimum atomic E-state index is -4.87. The maximum Gasteiger partial charge on any atom is 0.405 e. The van der Waals surface area contributed by atoms with Crippen LogP contribution in [0.3, 0.4) is 0 Å². The summed E-state index contributed by atoms with van der Waals surface area (Å²) < 4.78 is 42.4. The number of rotatable bonds is 4. The number of halogens is 5. The van der Waals surface area contributed by atoms with E-state index in [4.69, 9.17) is 21.4 Å². The quantitative estimate of drug-likeness (QED) is 0.902. The number of hydrogen-bond acceptors (Lipinski definition) is 2. The van der Waals surface area contributed by atoms with E-state index >= 15 is 0 Å². The molecule has 0 aromatic heterocycles. The Bertz CT molecular complexity index is 450. The lowest BCUT2D eigenvalue weighted by molar-refractivity contribution is -0.198. The van der Waals surface area contributed by atoms with Gasteiger partial charge in [-0.3, -0.25) is 4.79 Å². The first kappa shape index (κ1) is 15.1. The van der Waals surface area contributed by atoms with Gasteiger partial charge in [-0.25, -0.2) is 0 Å². The Labute approximate surface area is 114 Å². The van der Waals surface area contributed by atoms with Crippen molar-refractivity contribution < 1.29 is 27.8 Å². The number of hydrogen-bond donors (Lipinski definition) is 1. The fourth-order valence-corrected chi connectivity index (χ4v) is 1.58. The molecule has 0 fully saturated rings. The van der Waals surface area contributed by atoms with E-state index in [9.17, 15) is 18.0 Å². The number of carbonyl (C=O) groups is 1. The highest BCUT2D eigenvalue weighted by Crippen LogP contribution is 2.31. The largest absolute Gasteiger partial charge is 0.491 e. The van der Waals surface area contributed by atoms with Crippen molar-refractivity contribution in [3.8, 4) is 5.75 Å². The highest BCUT2D eigenvalue weighted by Gasteiger charge is 2.45. The van der Waals surface area contributed by atoms with E-state index in [2.05, 4.69) is 15.9 Å². The lowest BCUT2D eigenvalue weighted by atomic mass is 10.1. The fourth-order valence-electron chi connectivity index (χ4n) is 1.07. The summed E-state index contributed by atoms with van der Waals surface area (Å²) in [6.07, 6.45) is -4.87. The first-order valence-corrected chi connectivity index (χ1v) is 5.76. The molecule has 1 unspecified atom stereocenters. The summed E-state index contributed by atoms with van der Waals surface area (Å²) in [4.78, 5) is 10.5. The van der Waals surface area contributed by atoms with E-state index in [-0.39, 0.29) is 10.8 Å². The molecule has 0 aliphatic heterocycles. The van der Waals surface area contributed by atoms with Crippen LogP contribution in [0.2, 0.25) is 5.02 Å². The van der Waals surface area contributed by atoms with Gasteiger partial charge in [-0.05, 0) is 18.2 Å². The molecule has 0 saturated heterocycles. The van der Waals surface area contributed by atoms with Crippen molar-refractivity contribution in [2.45, 2.75) is 6.18 Å². The van der Waals surface area contributed by atoms with Crippen LogP contribution in [-0.4, -0.2) is 23.9 Å². The van der Waals surface area contributed by atoms with Crippen molar-refractivity contribution in [2.24, 2.45) is 5.92 Å². The van der Waals surface area contributed by atoms with Gasteiger partial charge in [0, 0.05) is 4.47 Å². The zero-order valence-corrected chi connectivity index (χ0v) is 11.0. The Balaban J connectivity index is 2.79. The van der Waals surface area contributed by atoms with Gasteiger partial charge in [0.05, 0.1) is 5.02 Å². The molecular formula is C10H7BrClF3O3. The molecule has 1 atom stereocenters. The molecule has 8 heteroatoms. The molecular weight excluding hydrogens is 340 g/mol. The Morgan fingerprint density at radius 3 is 2.61 bits per heavy atom. The molecule has 0 spiro atoms. The van der Waals surface area contributed by atoms with Crippen LogP contribution >= 0.6 is 27.5 Å². The minimum Gasteiger partial charge on any atom is -0.491 e. The SMILES string of the molecule is O=C(O)C(COc1cc(Br)ccc1Cl)C(F)(F)F. The molecule has 1 aromatic carbocycles. The third kappa shape index (κ3) is 4.06. The van der Waals surface area contributed by atoms with Crippen molar-refractivity contribution in [2.75, 3.05) is 6.61 Å². The molecule has 1 aromatic rings. The van der Waals surface area contributed by atoms with E-state index in [1.54, 1.807) is 6.07 Å². The molecule has 0 radical (unpaired) electrons. The van der Waals surface area contributed by atoms with Crippen LogP contribution in [0, 0.1) is 5.92 Å². The number of ether oxygens (including phenoxy) is 1. The van der Waals surface area contributed by atoms with Crippen LogP contribution in [0.5, 0.6) is 5.75 Å². The second-order valence-electron chi connectivity index (χ2n) is 3.32. The van der Waals surface area contributed by atoms with Crippen LogP contribution in [0.25, 0.3) is 0 Å². The van der Waals surface area contributed by atoms with E-state index in [0.29, 0.717) is 4.47 Å². The van der Waals surface area contributed by atoms with Crippen LogP contribution in [0.4, 0.5) is 13.2 Å². The fraction of sp³-hybridized carbons (Fsp3) is 0.300. The highest BCUT2D eigenvalue weighted by molar-refractivity contribution is 9.10. The van der Waals surface area contributed by atoms with Crippen molar-refractivity contribution in [1.29, 1.82) is 0 Å². The van der Waals surface area contributed by atoms with Gasteiger partial charge in [0.25, 0.3) is 0 Å². The van der Waals surface area contributed by atoms with Crippen LogP contribution in [0.1, 0.15) is 0 Å². The Hall–Kier alpha value is -0.950. The van der Waals surface area contributed by atoms with Gasteiger partial charge in [-0.2, -0.15) is 13.2 Å². The molecule has 0 amide bonds. The summed E-state index contributed by atoms with van der Waals surface area (Å²) in [5, 5.41) is 8.57. The Morgan fingerprint density at radius 1 is 1.50 bits per heavy atom. The number of carboxylic acids is 1. The Morgan fingerprint density at radius 2 is 2.11 bits per heavy atom. The normalized spacial score (nSPS) is 13.2. The summed E-state index contributed by atoms with van der Waals surface area (Å²) in [5.74, 6) is -4.59. The smallest absolute Gasteiger partial charge is 0.405 e. The van der Waals surface area contributed by atoms with Gasteiger partial charge in [-0.1, -0.05) is 27.5 Å². The predicted molar refractivity (Wildman–Crippen MR) is 61.8 cm³/mol. The molecule has 0 saturated carbocycles. The molecule has 0 aliphatic rings. The molecule has 3 nitrogen and oxygen atoms in total. The zero-order chi connectivity index (χ0) is 13.9. The summed E-state index contributed by atoms with van der Waals surface area (Å²) in [5.41, 5.74) is 0. The van der Waals surface area contributed by atoms with Crippen molar-refractivity contribution in [3.05, 3.63) is 27.7 Å². The van der Waals surface area contributed by atoms with Gasteiger partial charge in [0.2, 0.25) is 0 Å². The summed E-state index contributed by atoms with van der Waals surface area (Å²) >= 11 is 8.79. The number of benzene rings is 1. The minimum absolute atomic E-state index is 0.0125. The average Bonchev–Trinajstić information content (AvgIpc) is 2.20. The first-order chi connectivity index (χ1) is 8.21. The van der Waals surface area contributed by atoms with Crippen molar-refractivity contribution in [1.82, 2.24) is 0 Å². The molecule has 0 bridgehead atoms. The van der Waals surface area contributed by atoms with Crippen molar-refractivity contribution in [3.63, 3.8) is 0 Å². The zero-order valence-electron chi connectivity index (χ0n) is 8.67. The van der Waals surface area contributed by atoms with Gasteiger partial charge in [0.15, 0.2) is 5.92 Å². The van der Waals surface area contributed by atoms with E-state index in [1.165, 1.54) is 12.1 Å². The Kier molecular flexibility index (Phi) is 4.86. The van der Waals surface area contributed by atoms with Gasteiger partial charge in [0.1, 0.15) is 12.4 Å². The standard InChI is InChI=1S/C10H7BrClF3O3/c11-5-1-2-7(12)8(3-5)18-4-6(9(16)17)10(13,14)15/h1-3,6H,4H2,(H,16,17). The summed E-state index contributed by atoms with van der Waals surface area (Å²) in [6, 6.07) is 4.36. The molecule has 0 aliphatic carbocycles.